The maximum absolute atomic E-state index is 9.24. The molecule has 28 heavy (non-hydrogen) atoms. The van der Waals surface area contributed by atoms with Gasteiger partial charge >= 0.3 is 0 Å². The number of halogens is 1. The van der Waals surface area contributed by atoms with Gasteiger partial charge in [-0.15, -0.1) is 24.0 Å². The van der Waals surface area contributed by atoms with Crippen LogP contribution in [0.5, 0.6) is 0 Å². The molecule has 1 aliphatic heterocycles. The van der Waals surface area contributed by atoms with Gasteiger partial charge in [-0.1, -0.05) is 19.4 Å². The molecule has 2 heterocycles. The van der Waals surface area contributed by atoms with Crippen molar-refractivity contribution in [2.45, 2.75) is 58.9 Å². The lowest BCUT2D eigenvalue weighted by molar-refractivity contribution is 0.253. The van der Waals surface area contributed by atoms with Crippen molar-refractivity contribution in [3.63, 3.8) is 0 Å². The number of aliphatic hydroxyl groups excluding tert-OH is 1. The van der Waals surface area contributed by atoms with Crippen LogP contribution in [0.2, 0.25) is 0 Å². The van der Waals surface area contributed by atoms with E-state index in [1.807, 2.05) is 13.0 Å². The molecule has 0 aliphatic carbocycles. The summed E-state index contributed by atoms with van der Waals surface area (Å²) in [6.45, 7) is 10.2. The van der Waals surface area contributed by atoms with E-state index in [1.165, 1.54) is 0 Å². The maximum Gasteiger partial charge on any atom is 0.191 e. The fourth-order valence-electron chi connectivity index (χ4n) is 3.61. The first kappa shape index (κ1) is 24.9. The van der Waals surface area contributed by atoms with E-state index in [-0.39, 0.29) is 30.6 Å². The number of aryl methyl sites for hydroxylation is 1. The number of nitrogens with zero attached hydrogens (tertiary/aromatic N) is 3. The molecule has 1 aromatic heterocycles. The second-order valence-corrected chi connectivity index (χ2v) is 7.43. The largest absolute Gasteiger partial charge is 0.396 e. The highest BCUT2D eigenvalue weighted by molar-refractivity contribution is 14.0. The molecule has 1 aliphatic rings. The Morgan fingerprint density at radius 2 is 2.04 bits per heavy atom. The van der Waals surface area contributed by atoms with Gasteiger partial charge in [0.2, 0.25) is 0 Å². The molecule has 0 amide bonds. The lowest BCUT2D eigenvalue weighted by Gasteiger charge is -2.34. The number of rotatable bonds is 9. The summed E-state index contributed by atoms with van der Waals surface area (Å²) in [7, 11) is 0. The molecular weight excluding hydrogens is 465 g/mol. The number of nitrogens with one attached hydrogen (secondary N) is 2. The monoisotopic (exact) mass is 503 g/mol. The summed E-state index contributed by atoms with van der Waals surface area (Å²) < 4.78 is 0. The zero-order valence-electron chi connectivity index (χ0n) is 17.7. The molecule has 1 atom stereocenters. The van der Waals surface area contributed by atoms with Gasteiger partial charge in [-0.25, -0.2) is 4.98 Å². The fraction of sp³-hybridized carbons (Fsp3) is 0.714. The summed E-state index contributed by atoms with van der Waals surface area (Å²) in [6, 6.07) is 6.66. The minimum absolute atomic E-state index is 0. The summed E-state index contributed by atoms with van der Waals surface area (Å²) >= 11 is 0. The molecule has 7 heteroatoms. The maximum atomic E-state index is 9.24. The summed E-state index contributed by atoms with van der Waals surface area (Å²) in [5.74, 6) is 2.45. The van der Waals surface area contributed by atoms with E-state index in [4.69, 9.17) is 4.99 Å². The van der Waals surface area contributed by atoms with E-state index in [0.29, 0.717) is 12.0 Å². The van der Waals surface area contributed by atoms with Crippen LogP contribution >= 0.6 is 24.0 Å². The minimum Gasteiger partial charge on any atom is -0.396 e. The topological polar surface area (TPSA) is 72.8 Å². The second kappa shape index (κ2) is 14.0. The van der Waals surface area contributed by atoms with Crippen LogP contribution in [-0.4, -0.2) is 54.9 Å². The molecule has 6 nitrogen and oxygen atoms in total. The van der Waals surface area contributed by atoms with E-state index >= 15 is 0 Å². The fourth-order valence-corrected chi connectivity index (χ4v) is 3.61. The van der Waals surface area contributed by atoms with Gasteiger partial charge in [0, 0.05) is 44.5 Å². The van der Waals surface area contributed by atoms with Crippen molar-refractivity contribution in [1.29, 1.82) is 0 Å². The third-order valence-corrected chi connectivity index (χ3v) is 5.12. The SMILES string of the molecule is CCCC(CCO)CN=C(NCC)NC1CCN(c2cccc(C)n2)CC1.I. The van der Waals surface area contributed by atoms with E-state index in [2.05, 4.69) is 46.5 Å². The number of aliphatic hydroxyl groups is 1. The molecule has 0 saturated carbocycles. The molecular formula is C21H38IN5O. The number of pyridine rings is 1. The van der Waals surface area contributed by atoms with Crippen LogP contribution < -0.4 is 15.5 Å². The first-order valence-corrected chi connectivity index (χ1v) is 10.5. The van der Waals surface area contributed by atoms with E-state index in [9.17, 15) is 5.11 Å². The van der Waals surface area contributed by atoms with Gasteiger partial charge < -0.3 is 20.6 Å². The lowest BCUT2D eigenvalue weighted by Crippen LogP contribution is -2.49. The summed E-state index contributed by atoms with van der Waals surface area (Å²) in [4.78, 5) is 11.8. The number of anilines is 1. The first-order chi connectivity index (χ1) is 13.2. The first-order valence-electron chi connectivity index (χ1n) is 10.5. The number of guanidine groups is 1. The Bertz CT molecular complexity index is 570. The summed E-state index contributed by atoms with van der Waals surface area (Å²) in [5, 5.41) is 16.2. The predicted molar refractivity (Wildman–Crippen MR) is 129 cm³/mol. The Morgan fingerprint density at radius 3 is 2.64 bits per heavy atom. The van der Waals surface area contributed by atoms with Crippen LogP contribution in [0.4, 0.5) is 5.82 Å². The summed E-state index contributed by atoms with van der Waals surface area (Å²) in [5.41, 5.74) is 1.07. The number of hydrogen-bond donors (Lipinski definition) is 3. The quantitative estimate of drug-likeness (QED) is 0.274. The number of piperidine rings is 1. The van der Waals surface area contributed by atoms with Crippen LogP contribution in [-0.2, 0) is 0 Å². The highest BCUT2D eigenvalue weighted by atomic mass is 127. The highest BCUT2D eigenvalue weighted by Crippen LogP contribution is 2.18. The van der Waals surface area contributed by atoms with Crippen LogP contribution in [0.25, 0.3) is 0 Å². The molecule has 0 aromatic carbocycles. The van der Waals surface area contributed by atoms with Crippen molar-refractivity contribution in [3.05, 3.63) is 23.9 Å². The van der Waals surface area contributed by atoms with Crippen molar-refractivity contribution in [2.24, 2.45) is 10.9 Å². The number of aromatic nitrogens is 1. The standard InChI is InChI=1S/C21H37N5O.HI/c1-4-7-18(12-15-27)16-23-21(22-5-2)25-19-10-13-26(14-11-19)20-9-6-8-17(3)24-20;/h6,8-9,18-19,27H,4-5,7,10-16H2,1-3H3,(H2,22,23,25);1H. The molecule has 1 unspecified atom stereocenters. The molecule has 2 rings (SSSR count). The molecule has 1 aromatic rings. The third-order valence-electron chi connectivity index (χ3n) is 5.12. The van der Waals surface area contributed by atoms with Gasteiger partial charge in [0.05, 0.1) is 0 Å². The summed E-state index contributed by atoms with van der Waals surface area (Å²) in [6.07, 6.45) is 5.24. The highest BCUT2D eigenvalue weighted by Gasteiger charge is 2.21. The zero-order valence-corrected chi connectivity index (χ0v) is 20.0. The van der Waals surface area contributed by atoms with Gasteiger partial charge in [0.25, 0.3) is 0 Å². The normalized spacial score (nSPS) is 16.4. The van der Waals surface area contributed by atoms with Crippen LogP contribution in [0, 0.1) is 12.8 Å². The minimum atomic E-state index is 0. The van der Waals surface area contributed by atoms with Gasteiger partial charge in [-0.05, 0) is 57.6 Å². The molecule has 3 N–H and O–H groups in total. The molecule has 0 spiro atoms. The van der Waals surface area contributed by atoms with E-state index < -0.39 is 0 Å². The third kappa shape index (κ3) is 8.51. The molecule has 160 valence electrons. The van der Waals surface area contributed by atoms with Gasteiger partial charge in [-0.3, -0.25) is 4.99 Å². The molecule has 1 saturated heterocycles. The van der Waals surface area contributed by atoms with Crippen molar-refractivity contribution >= 4 is 35.8 Å². The van der Waals surface area contributed by atoms with Crippen molar-refractivity contribution in [2.75, 3.05) is 37.7 Å². The van der Waals surface area contributed by atoms with Crippen LogP contribution in [0.1, 0.15) is 51.6 Å². The predicted octanol–water partition coefficient (Wildman–Crippen LogP) is 3.33. The van der Waals surface area contributed by atoms with Crippen molar-refractivity contribution < 1.29 is 5.11 Å². The van der Waals surface area contributed by atoms with Gasteiger partial charge in [0.15, 0.2) is 5.96 Å². The Hall–Kier alpha value is -1.09. The average molecular weight is 503 g/mol. The van der Waals surface area contributed by atoms with Crippen LogP contribution in [0.15, 0.2) is 23.2 Å². The Kier molecular flexibility index (Phi) is 12.5. The molecule has 1 fully saturated rings. The average Bonchev–Trinajstić information content (AvgIpc) is 2.67. The smallest absolute Gasteiger partial charge is 0.191 e. The van der Waals surface area contributed by atoms with Crippen molar-refractivity contribution in [1.82, 2.24) is 15.6 Å². The second-order valence-electron chi connectivity index (χ2n) is 7.43. The lowest BCUT2D eigenvalue weighted by atomic mass is 10.0. The molecule has 0 radical (unpaired) electrons. The zero-order chi connectivity index (χ0) is 19.5. The van der Waals surface area contributed by atoms with Crippen molar-refractivity contribution in [3.8, 4) is 0 Å². The Balaban J connectivity index is 0.00000392. The molecule has 0 bridgehead atoms. The van der Waals surface area contributed by atoms with E-state index in [1.54, 1.807) is 0 Å². The Labute approximate surface area is 187 Å². The van der Waals surface area contributed by atoms with Gasteiger partial charge in [0.1, 0.15) is 5.82 Å². The van der Waals surface area contributed by atoms with E-state index in [0.717, 1.165) is 75.8 Å². The van der Waals surface area contributed by atoms with Crippen LogP contribution in [0.3, 0.4) is 0 Å². The Morgan fingerprint density at radius 1 is 1.29 bits per heavy atom. The van der Waals surface area contributed by atoms with Gasteiger partial charge in [-0.2, -0.15) is 0 Å². The number of aliphatic imine (C=N–C) groups is 1. The number of hydrogen-bond acceptors (Lipinski definition) is 4.